The van der Waals surface area contributed by atoms with Crippen molar-refractivity contribution in [3.05, 3.63) is 11.2 Å². The molecule has 1 unspecified atom stereocenters. The van der Waals surface area contributed by atoms with Crippen LogP contribution in [-0.4, -0.2) is 40.1 Å². The van der Waals surface area contributed by atoms with E-state index in [4.69, 9.17) is 0 Å². The smallest absolute Gasteiger partial charge is 0.322 e. The van der Waals surface area contributed by atoms with Crippen molar-refractivity contribution in [2.24, 2.45) is 5.41 Å². The lowest BCUT2D eigenvalue weighted by Crippen LogP contribution is -2.37. The second-order valence-corrected chi connectivity index (χ2v) is 6.66. The van der Waals surface area contributed by atoms with Crippen LogP contribution in [0.15, 0.2) is 5.51 Å². The summed E-state index contributed by atoms with van der Waals surface area (Å²) in [7, 11) is 0. The number of nitrogens with zero attached hydrogens (tertiary/aromatic N) is 2. The maximum atomic E-state index is 12.2. The fraction of sp³-hybridized carbons (Fsp3) is 0.615. The summed E-state index contributed by atoms with van der Waals surface area (Å²) in [6.45, 7) is 2.42. The first-order chi connectivity index (χ1) is 9.49. The topological polar surface area (TPSA) is 82.5 Å². The molecule has 2 fully saturated rings. The second-order valence-electron chi connectivity index (χ2n) is 5.81. The largest absolute Gasteiger partial charge is 0.481 e. The van der Waals surface area contributed by atoms with Crippen molar-refractivity contribution in [2.45, 2.75) is 32.1 Å². The van der Waals surface area contributed by atoms with E-state index in [0.29, 0.717) is 18.9 Å². The number of rotatable bonds is 3. The molecule has 1 saturated carbocycles. The van der Waals surface area contributed by atoms with E-state index >= 15 is 0 Å². The van der Waals surface area contributed by atoms with Gasteiger partial charge in [0.1, 0.15) is 5.00 Å². The molecule has 3 rings (SSSR count). The highest BCUT2D eigenvalue weighted by molar-refractivity contribution is 7.14. The first-order valence-electron chi connectivity index (χ1n) is 6.72. The van der Waals surface area contributed by atoms with Crippen molar-refractivity contribution in [1.82, 2.24) is 9.88 Å². The summed E-state index contributed by atoms with van der Waals surface area (Å²) in [4.78, 5) is 29.3. The molecule has 0 radical (unpaired) electrons. The van der Waals surface area contributed by atoms with Crippen molar-refractivity contribution in [2.75, 3.05) is 18.4 Å². The number of aromatic nitrogens is 1. The Hall–Kier alpha value is -1.63. The molecule has 0 bridgehead atoms. The molecule has 2 N–H and O–H groups in total. The lowest BCUT2D eigenvalue weighted by atomic mass is 9.90. The highest BCUT2D eigenvalue weighted by Gasteiger charge is 2.42. The number of hydrogen-bond donors (Lipinski definition) is 2. The Bertz CT molecular complexity index is 555. The number of thiazole rings is 1. The number of carboxylic acids is 1. The third-order valence-electron chi connectivity index (χ3n) is 4.06. The standard InChI is InChI=1S/C13H17N3O3S/c1-13(11(17)18)4-5-16(6-13)12(19)15-10-9(8-2-3-8)14-7-20-10/h7-8H,2-6H2,1H3,(H,15,19)(H,17,18). The quantitative estimate of drug-likeness (QED) is 0.896. The van der Waals surface area contributed by atoms with Crippen LogP contribution in [0.2, 0.25) is 0 Å². The maximum Gasteiger partial charge on any atom is 0.322 e. The molecule has 1 saturated heterocycles. The summed E-state index contributed by atoms with van der Waals surface area (Å²) in [5.74, 6) is -0.358. The lowest BCUT2D eigenvalue weighted by molar-refractivity contribution is -0.146. The van der Waals surface area contributed by atoms with E-state index in [0.717, 1.165) is 23.5 Å². The molecule has 0 spiro atoms. The second kappa shape index (κ2) is 4.73. The number of carboxylic acid groups (broad SMARTS) is 1. The number of urea groups is 1. The summed E-state index contributed by atoms with van der Waals surface area (Å²) in [5.41, 5.74) is 1.89. The monoisotopic (exact) mass is 295 g/mol. The van der Waals surface area contributed by atoms with Gasteiger partial charge in [-0.15, -0.1) is 11.3 Å². The highest BCUT2D eigenvalue weighted by Crippen LogP contribution is 2.44. The van der Waals surface area contributed by atoms with Crippen molar-refractivity contribution in [3.8, 4) is 0 Å². The molecule has 2 heterocycles. The van der Waals surface area contributed by atoms with Crippen LogP contribution in [0.5, 0.6) is 0 Å². The number of anilines is 1. The highest BCUT2D eigenvalue weighted by atomic mass is 32.1. The van der Waals surface area contributed by atoms with Gasteiger partial charge in [0.05, 0.1) is 16.6 Å². The van der Waals surface area contributed by atoms with E-state index in [2.05, 4.69) is 10.3 Å². The first-order valence-corrected chi connectivity index (χ1v) is 7.60. The van der Waals surface area contributed by atoms with Crippen LogP contribution in [-0.2, 0) is 4.79 Å². The minimum absolute atomic E-state index is 0.221. The SMILES string of the molecule is CC1(C(=O)O)CCN(C(=O)Nc2scnc2C2CC2)C1. The third-order valence-corrected chi connectivity index (χ3v) is 4.81. The van der Waals surface area contributed by atoms with Gasteiger partial charge in [-0.2, -0.15) is 0 Å². The Kier molecular flexibility index (Phi) is 3.16. The van der Waals surface area contributed by atoms with Crippen LogP contribution in [0, 0.1) is 5.41 Å². The van der Waals surface area contributed by atoms with Crippen molar-refractivity contribution in [1.29, 1.82) is 0 Å². The number of carbonyl (C=O) groups is 2. The zero-order chi connectivity index (χ0) is 14.3. The number of carbonyl (C=O) groups excluding carboxylic acids is 1. The van der Waals surface area contributed by atoms with Crippen LogP contribution in [0.25, 0.3) is 0 Å². The Morgan fingerprint density at radius 1 is 1.55 bits per heavy atom. The molecule has 108 valence electrons. The van der Waals surface area contributed by atoms with Crippen LogP contribution in [0.4, 0.5) is 9.80 Å². The van der Waals surface area contributed by atoms with E-state index in [9.17, 15) is 14.7 Å². The van der Waals surface area contributed by atoms with Crippen molar-refractivity contribution in [3.63, 3.8) is 0 Å². The van der Waals surface area contributed by atoms with Gasteiger partial charge in [-0.1, -0.05) is 0 Å². The molecular weight excluding hydrogens is 278 g/mol. The predicted molar refractivity (Wildman–Crippen MR) is 75.0 cm³/mol. The summed E-state index contributed by atoms with van der Waals surface area (Å²) in [5, 5.41) is 12.9. The van der Waals surface area contributed by atoms with E-state index in [1.807, 2.05) is 0 Å². The summed E-state index contributed by atoms with van der Waals surface area (Å²) in [6.07, 6.45) is 2.76. The van der Waals surface area contributed by atoms with E-state index < -0.39 is 11.4 Å². The van der Waals surface area contributed by atoms with Crippen molar-refractivity contribution >= 4 is 28.3 Å². The lowest BCUT2D eigenvalue weighted by Gasteiger charge is -2.20. The zero-order valence-corrected chi connectivity index (χ0v) is 12.1. The molecule has 2 amide bonds. The molecule has 0 aromatic carbocycles. The summed E-state index contributed by atoms with van der Waals surface area (Å²) >= 11 is 1.43. The zero-order valence-electron chi connectivity index (χ0n) is 11.3. The molecule has 7 heteroatoms. The minimum Gasteiger partial charge on any atom is -0.481 e. The predicted octanol–water partition coefficient (Wildman–Crippen LogP) is 2.35. The van der Waals surface area contributed by atoms with Gasteiger partial charge in [-0.05, 0) is 26.2 Å². The third kappa shape index (κ3) is 2.37. The van der Waals surface area contributed by atoms with Crippen LogP contribution >= 0.6 is 11.3 Å². The number of nitrogens with one attached hydrogen (secondary N) is 1. The fourth-order valence-corrected chi connectivity index (χ4v) is 3.24. The number of hydrogen-bond acceptors (Lipinski definition) is 4. The molecule has 1 atom stereocenters. The molecular formula is C13H17N3O3S. The van der Waals surface area contributed by atoms with Gasteiger partial charge < -0.3 is 10.0 Å². The average molecular weight is 295 g/mol. The van der Waals surface area contributed by atoms with Crippen LogP contribution < -0.4 is 5.32 Å². The number of likely N-dealkylation sites (tertiary alicyclic amines) is 1. The van der Waals surface area contributed by atoms with Gasteiger partial charge in [-0.25, -0.2) is 9.78 Å². The normalized spacial score (nSPS) is 25.8. The summed E-state index contributed by atoms with van der Waals surface area (Å²) < 4.78 is 0. The van der Waals surface area contributed by atoms with E-state index in [1.165, 1.54) is 11.3 Å². The van der Waals surface area contributed by atoms with E-state index in [1.54, 1.807) is 17.3 Å². The Balaban J connectivity index is 1.65. The molecule has 2 aliphatic rings. The maximum absolute atomic E-state index is 12.2. The molecule has 20 heavy (non-hydrogen) atoms. The van der Waals surface area contributed by atoms with Gasteiger partial charge in [-0.3, -0.25) is 10.1 Å². The molecule has 1 aliphatic heterocycles. The van der Waals surface area contributed by atoms with Crippen LogP contribution in [0.1, 0.15) is 37.8 Å². The fourth-order valence-electron chi connectivity index (χ4n) is 2.48. The first kappa shape index (κ1) is 13.4. The number of amides is 2. The number of aliphatic carboxylic acids is 1. The molecule has 1 aliphatic carbocycles. The van der Waals surface area contributed by atoms with Crippen molar-refractivity contribution < 1.29 is 14.7 Å². The molecule has 6 nitrogen and oxygen atoms in total. The Labute approximate surface area is 120 Å². The average Bonchev–Trinajstić information content (AvgIpc) is 3.00. The Morgan fingerprint density at radius 2 is 2.30 bits per heavy atom. The van der Waals surface area contributed by atoms with Gasteiger partial charge >= 0.3 is 12.0 Å². The van der Waals surface area contributed by atoms with Crippen LogP contribution in [0.3, 0.4) is 0 Å². The molecule has 1 aromatic rings. The Morgan fingerprint density at radius 3 is 2.90 bits per heavy atom. The van der Waals surface area contributed by atoms with Gasteiger partial charge in [0, 0.05) is 19.0 Å². The minimum atomic E-state index is -0.843. The van der Waals surface area contributed by atoms with Gasteiger partial charge in [0.25, 0.3) is 0 Å². The van der Waals surface area contributed by atoms with Gasteiger partial charge in [0.2, 0.25) is 0 Å². The molecule has 1 aromatic heterocycles. The van der Waals surface area contributed by atoms with Gasteiger partial charge in [0.15, 0.2) is 0 Å². The summed E-state index contributed by atoms with van der Waals surface area (Å²) in [6, 6.07) is -0.221. The van der Waals surface area contributed by atoms with E-state index in [-0.39, 0.29) is 12.6 Å².